The number of H-pyrrole nitrogens is 1. The van der Waals surface area contributed by atoms with E-state index in [1.165, 1.54) is 6.26 Å². The summed E-state index contributed by atoms with van der Waals surface area (Å²) in [5.41, 5.74) is 2.64. The molecule has 10 heteroatoms. The molecule has 0 unspecified atom stereocenters. The fourth-order valence-corrected chi connectivity index (χ4v) is 3.10. The van der Waals surface area contributed by atoms with Gasteiger partial charge in [0.1, 0.15) is 18.0 Å². The van der Waals surface area contributed by atoms with Gasteiger partial charge in [-0.2, -0.15) is 15.5 Å². The van der Waals surface area contributed by atoms with Gasteiger partial charge >= 0.3 is 0 Å². The van der Waals surface area contributed by atoms with Gasteiger partial charge < -0.3 is 9.73 Å². The zero-order chi connectivity index (χ0) is 21.1. The highest BCUT2D eigenvalue weighted by atomic mass is 35.5. The van der Waals surface area contributed by atoms with Crippen molar-refractivity contribution in [1.29, 1.82) is 5.26 Å². The molecule has 9 nitrogen and oxygen atoms in total. The third-order valence-corrected chi connectivity index (χ3v) is 4.63. The average Bonchev–Trinajstić information content (AvgIpc) is 3.48. The van der Waals surface area contributed by atoms with Crippen LogP contribution < -0.4 is 5.32 Å². The molecule has 3 aromatic heterocycles. The number of halogens is 1. The third-order valence-electron chi connectivity index (χ3n) is 4.32. The molecule has 0 aliphatic carbocycles. The molecule has 0 aliphatic heterocycles. The molecule has 150 valence electrons. The standard InChI is InChI=1S/C20H16ClN7O2/c1-12(24-19(29)18-11-30-20(25-18)17-4-6-23-26-17)10-28-7-5-16(27-28)13-2-3-14(9-22)15(21)8-13/h2-8,11-12H,10H2,1H3,(H,23,26)(H,24,29)/t12-/m0/s1. The molecule has 1 amide bonds. The Morgan fingerprint density at radius 1 is 1.37 bits per heavy atom. The Hall–Kier alpha value is -3.90. The lowest BCUT2D eigenvalue weighted by atomic mass is 10.1. The first kappa shape index (κ1) is 19.4. The number of nitriles is 1. The van der Waals surface area contributed by atoms with Crippen LogP contribution in [-0.2, 0) is 6.54 Å². The number of aromatic nitrogens is 5. The van der Waals surface area contributed by atoms with Crippen LogP contribution >= 0.6 is 11.6 Å². The van der Waals surface area contributed by atoms with Crippen molar-refractivity contribution in [2.45, 2.75) is 19.5 Å². The molecule has 0 bridgehead atoms. The molecule has 0 aliphatic rings. The second-order valence-electron chi connectivity index (χ2n) is 6.60. The van der Waals surface area contributed by atoms with Crippen LogP contribution in [0.3, 0.4) is 0 Å². The van der Waals surface area contributed by atoms with Gasteiger partial charge in [-0.1, -0.05) is 17.7 Å². The molecule has 0 fully saturated rings. The van der Waals surface area contributed by atoms with E-state index < -0.39 is 0 Å². The number of carbonyl (C=O) groups is 1. The van der Waals surface area contributed by atoms with E-state index in [1.807, 2.05) is 25.3 Å². The Bertz CT molecular complexity index is 1220. The average molecular weight is 422 g/mol. The molecule has 0 radical (unpaired) electrons. The lowest BCUT2D eigenvalue weighted by Gasteiger charge is -2.12. The monoisotopic (exact) mass is 421 g/mol. The van der Waals surface area contributed by atoms with E-state index in [4.69, 9.17) is 21.3 Å². The summed E-state index contributed by atoms with van der Waals surface area (Å²) in [6.45, 7) is 2.33. The summed E-state index contributed by atoms with van der Waals surface area (Å²) in [5.74, 6) is -0.0777. The SMILES string of the molecule is C[C@@H](Cn1ccc(-c2ccc(C#N)c(Cl)c2)n1)NC(=O)c1coc(-c2cc[nH]n2)n1. The van der Waals surface area contributed by atoms with E-state index in [9.17, 15) is 4.79 Å². The summed E-state index contributed by atoms with van der Waals surface area (Å²) < 4.78 is 7.03. The maximum atomic E-state index is 12.4. The van der Waals surface area contributed by atoms with Gasteiger partial charge in [0.15, 0.2) is 5.69 Å². The summed E-state index contributed by atoms with van der Waals surface area (Å²) in [6.07, 6.45) is 4.76. The van der Waals surface area contributed by atoms with Crippen molar-refractivity contribution < 1.29 is 9.21 Å². The van der Waals surface area contributed by atoms with Gasteiger partial charge in [0, 0.05) is 24.0 Å². The minimum atomic E-state index is -0.348. The topological polar surface area (TPSA) is 125 Å². The van der Waals surface area contributed by atoms with Gasteiger partial charge in [0.25, 0.3) is 5.91 Å². The van der Waals surface area contributed by atoms with Gasteiger partial charge in [-0.05, 0) is 31.2 Å². The van der Waals surface area contributed by atoms with E-state index in [1.54, 1.807) is 35.1 Å². The van der Waals surface area contributed by atoms with Crippen LogP contribution in [0.5, 0.6) is 0 Å². The first-order valence-corrected chi connectivity index (χ1v) is 9.41. The Balaban J connectivity index is 1.39. The number of nitrogens with zero attached hydrogens (tertiary/aromatic N) is 5. The smallest absolute Gasteiger partial charge is 0.273 e. The first-order chi connectivity index (χ1) is 14.5. The number of carbonyl (C=O) groups excluding carboxylic acids is 1. The van der Waals surface area contributed by atoms with Gasteiger partial charge in [-0.25, -0.2) is 4.98 Å². The highest BCUT2D eigenvalue weighted by Crippen LogP contribution is 2.24. The number of amides is 1. The van der Waals surface area contributed by atoms with Crippen LogP contribution in [0.2, 0.25) is 5.02 Å². The molecule has 0 spiro atoms. The van der Waals surface area contributed by atoms with Gasteiger partial charge in [-0.15, -0.1) is 0 Å². The summed E-state index contributed by atoms with van der Waals surface area (Å²) in [5, 5.41) is 23.4. The molecule has 4 aromatic rings. The Labute approximate surface area is 176 Å². The van der Waals surface area contributed by atoms with Gasteiger partial charge in [0.05, 0.1) is 22.8 Å². The molecule has 1 atom stereocenters. The first-order valence-electron chi connectivity index (χ1n) is 9.03. The predicted octanol–water partition coefficient (Wildman–Crippen LogP) is 3.27. The zero-order valence-electron chi connectivity index (χ0n) is 15.8. The van der Waals surface area contributed by atoms with E-state index in [2.05, 4.69) is 25.6 Å². The zero-order valence-corrected chi connectivity index (χ0v) is 16.6. The number of nitrogens with one attached hydrogen (secondary N) is 2. The summed E-state index contributed by atoms with van der Waals surface area (Å²) in [6, 6.07) is 10.5. The Morgan fingerprint density at radius 2 is 2.23 bits per heavy atom. The quantitative estimate of drug-likeness (QED) is 0.492. The van der Waals surface area contributed by atoms with Crippen LogP contribution in [0, 0.1) is 11.3 Å². The minimum absolute atomic E-state index is 0.174. The number of oxazole rings is 1. The highest BCUT2D eigenvalue weighted by molar-refractivity contribution is 6.32. The fraction of sp³-hybridized carbons (Fsp3) is 0.150. The molecule has 2 N–H and O–H groups in total. The predicted molar refractivity (Wildman–Crippen MR) is 108 cm³/mol. The normalized spacial score (nSPS) is 11.8. The van der Waals surface area contributed by atoms with E-state index >= 15 is 0 Å². The minimum Gasteiger partial charge on any atom is -0.442 e. The molecule has 4 rings (SSSR count). The molecule has 3 heterocycles. The summed E-state index contributed by atoms with van der Waals surface area (Å²) in [4.78, 5) is 16.6. The summed E-state index contributed by atoms with van der Waals surface area (Å²) >= 11 is 6.10. The number of benzene rings is 1. The van der Waals surface area contributed by atoms with Crippen LogP contribution in [-0.4, -0.2) is 36.9 Å². The van der Waals surface area contributed by atoms with Crippen molar-refractivity contribution in [3.63, 3.8) is 0 Å². The van der Waals surface area contributed by atoms with Crippen LogP contribution in [0.25, 0.3) is 22.8 Å². The van der Waals surface area contributed by atoms with Gasteiger partial charge in [-0.3, -0.25) is 14.6 Å². The maximum Gasteiger partial charge on any atom is 0.273 e. The lowest BCUT2D eigenvalue weighted by molar-refractivity contribution is 0.0931. The van der Waals surface area contributed by atoms with E-state index in [-0.39, 0.29) is 23.5 Å². The molecule has 0 saturated heterocycles. The second kappa shape index (κ2) is 8.23. The molecule has 30 heavy (non-hydrogen) atoms. The lowest BCUT2D eigenvalue weighted by Crippen LogP contribution is -2.36. The summed E-state index contributed by atoms with van der Waals surface area (Å²) in [7, 11) is 0. The van der Waals surface area contributed by atoms with Gasteiger partial charge in [0.2, 0.25) is 5.89 Å². The van der Waals surface area contributed by atoms with Crippen LogP contribution in [0.4, 0.5) is 0 Å². The van der Waals surface area contributed by atoms with E-state index in [0.717, 1.165) is 11.3 Å². The molecule has 0 saturated carbocycles. The van der Waals surface area contributed by atoms with Crippen molar-refractivity contribution in [3.05, 3.63) is 65.3 Å². The highest BCUT2D eigenvalue weighted by Gasteiger charge is 2.17. The molecule has 1 aromatic carbocycles. The maximum absolute atomic E-state index is 12.4. The van der Waals surface area contributed by atoms with Crippen molar-refractivity contribution in [2.24, 2.45) is 0 Å². The molecular formula is C20H16ClN7O2. The number of hydrogen-bond donors (Lipinski definition) is 2. The fourth-order valence-electron chi connectivity index (χ4n) is 2.88. The number of aromatic amines is 1. The van der Waals surface area contributed by atoms with Crippen LogP contribution in [0.1, 0.15) is 23.0 Å². The van der Waals surface area contributed by atoms with Crippen molar-refractivity contribution >= 4 is 17.5 Å². The number of hydrogen-bond acceptors (Lipinski definition) is 6. The third kappa shape index (κ3) is 4.09. The van der Waals surface area contributed by atoms with Crippen molar-refractivity contribution in [2.75, 3.05) is 0 Å². The van der Waals surface area contributed by atoms with E-state index in [0.29, 0.717) is 22.8 Å². The molecular weight excluding hydrogens is 406 g/mol. The van der Waals surface area contributed by atoms with Crippen molar-refractivity contribution in [3.8, 4) is 28.9 Å². The largest absolute Gasteiger partial charge is 0.442 e. The Morgan fingerprint density at radius 3 is 2.97 bits per heavy atom. The Kier molecular flexibility index (Phi) is 5.32. The number of rotatable bonds is 6. The second-order valence-corrected chi connectivity index (χ2v) is 7.01. The van der Waals surface area contributed by atoms with Crippen molar-refractivity contribution in [1.82, 2.24) is 30.3 Å². The van der Waals surface area contributed by atoms with Crippen LogP contribution in [0.15, 0.2) is 53.4 Å².